The van der Waals surface area contributed by atoms with E-state index in [2.05, 4.69) is 0 Å². The molecule has 4 nitrogen and oxygen atoms in total. The topological polar surface area (TPSA) is 55.8 Å². The van der Waals surface area contributed by atoms with Gasteiger partial charge in [-0.05, 0) is 35.9 Å². The Morgan fingerprint density at radius 2 is 1.83 bits per heavy atom. The molecule has 126 valence electrons. The van der Waals surface area contributed by atoms with E-state index in [1.165, 1.54) is 13.2 Å². The molecule has 2 aromatic carbocycles. The number of carboxylic acids is 1. The van der Waals surface area contributed by atoms with Crippen molar-refractivity contribution in [3.8, 4) is 11.5 Å². The van der Waals surface area contributed by atoms with Gasteiger partial charge in [0.25, 0.3) is 0 Å². The van der Waals surface area contributed by atoms with Crippen molar-refractivity contribution in [3.63, 3.8) is 0 Å². The summed E-state index contributed by atoms with van der Waals surface area (Å²) in [6.45, 7) is 0.110. The van der Waals surface area contributed by atoms with Gasteiger partial charge in [-0.25, -0.2) is 4.79 Å². The third-order valence-electron chi connectivity index (χ3n) is 3.09. The Hall–Kier alpha value is -1.88. The van der Waals surface area contributed by atoms with Crippen LogP contribution in [0.4, 0.5) is 0 Å². The first-order chi connectivity index (χ1) is 11.4. The number of hydrogen-bond acceptors (Lipinski definition) is 3. The van der Waals surface area contributed by atoms with Crippen LogP contribution < -0.4 is 9.47 Å². The van der Waals surface area contributed by atoms with E-state index in [1.54, 1.807) is 30.3 Å². The molecule has 0 amide bonds. The fourth-order valence-electron chi connectivity index (χ4n) is 1.96. The lowest BCUT2D eigenvalue weighted by atomic mass is 10.2. The van der Waals surface area contributed by atoms with Crippen molar-refractivity contribution < 1.29 is 19.4 Å². The van der Waals surface area contributed by atoms with Crippen LogP contribution >= 0.6 is 34.8 Å². The number of benzene rings is 2. The molecule has 0 aromatic heterocycles. The standard InChI is InChI=1S/C17H13Cl3O4/c1-23-15-8-10(5-6-16(21)22)7-14(20)17(15)24-9-11-12(18)3-2-4-13(11)19/h2-8H,9H2,1H3,(H,21,22). The van der Waals surface area contributed by atoms with Crippen LogP contribution in [0.25, 0.3) is 6.08 Å². The summed E-state index contributed by atoms with van der Waals surface area (Å²) in [4.78, 5) is 10.6. The average molecular weight is 388 g/mol. The van der Waals surface area contributed by atoms with Crippen molar-refractivity contribution in [1.82, 2.24) is 0 Å². The van der Waals surface area contributed by atoms with Gasteiger partial charge in [0.1, 0.15) is 6.61 Å². The fraction of sp³-hybridized carbons (Fsp3) is 0.118. The van der Waals surface area contributed by atoms with Gasteiger partial charge in [0.05, 0.1) is 12.1 Å². The van der Waals surface area contributed by atoms with Gasteiger partial charge < -0.3 is 14.6 Å². The van der Waals surface area contributed by atoms with Crippen LogP contribution in [-0.4, -0.2) is 18.2 Å². The highest BCUT2D eigenvalue weighted by Gasteiger charge is 2.14. The smallest absolute Gasteiger partial charge is 0.328 e. The molecule has 0 saturated heterocycles. The summed E-state index contributed by atoms with van der Waals surface area (Å²) in [5, 5.41) is 9.94. The van der Waals surface area contributed by atoms with Gasteiger partial charge in [-0.2, -0.15) is 0 Å². The van der Waals surface area contributed by atoms with Crippen molar-refractivity contribution in [2.45, 2.75) is 6.61 Å². The second-order valence-electron chi connectivity index (χ2n) is 4.69. The Kier molecular flexibility index (Phi) is 6.37. The van der Waals surface area contributed by atoms with E-state index in [4.69, 9.17) is 49.4 Å². The van der Waals surface area contributed by atoms with E-state index in [9.17, 15) is 4.79 Å². The average Bonchev–Trinajstić information content (AvgIpc) is 2.53. The molecule has 0 saturated carbocycles. The van der Waals surface area contributed by atoms with Crippen LogP contribution in [-0.2, 0) is 11.4 Å². The lowest BCUT2D eigenvalue weighted by Crippen LogP contribution is -2.00. The van der Waals surface area contributed by atoms with Crippen LogP contribution in [0.15, 0.2) is 36.4 Å². The molecule has 0 aliphatic heterocycles. The summed E-state index contributed by atoms with van der Waals surface area (Å²) >= 11 is 18.4. The van der Waals surface area contributed by atoms with Gasteiger partial charge in [-0.15, -0.1) is 0 Å². The Morgan fingerprint density at radius 1 is 1.17 bits per heavy atom. The van der Waals surface area contributed by atoms with Crippen LogP contribution in [0.5, 0.6) is 11.5 Å². The summed E-state index contributed by atoms with van der Waals surface area (Å²) in [7, 11) is 1.46. The van der Waals surface area contributed by atoms with E-state index in [0.717, 1.165) is 6.08 Å². The van der Waals surface area contributed by atoms with Crippen molar-refractivity contribution in [2.24, 2.45) is 0 Å². The molecule has 0 heterocycles. The van der Waals surface area contributed by atoms with Crippen LogP contribution in [0, 0.1) is 0 Å². The van der Waals surface area contributed by atoms with E-state index >= 15 is 0 Å². The molecule has 0 aliphatic rings. The summed E-state index contributed by atoms with van der Waals surface area (Å²) in [5.41, 5.74) is 1.20. The molecule has 0 spiro atoms. The molecule has 0 bridgehead atoms. The summed E-state index contributed by atoms with van der Waals surface area (Å²) in [5.74, 6) is -0.364. The highest BCUT2D eigenvalue weighted by Crippen LogP contribution is 2.38. The van der Waals surface area contributed by atoms with Crippen molar-refractivity contribution >= 4 is 46.8 Å². The Labute approximate surface area is 154 Å². The zero-order valence-corrected chi connectivity index (χ0v) is 14.8. The molecule has 0 atom stereocenters. The zero-order valence-electron chi connectivity index (χ0n) is 12.6. The number of carboxylic acid groups (broad SMARTS) is 1. The largest absolute Gasteiger partial charge is 0.493 e. The SMILES string of the molecule is COc1cc(C=CC(=O)O)cc(Cl)c1OCc1c(Cl)cccc1Cl. The van der Waals surface area contributed by atoms with Gasteiger partial charge in [-0.1, -0.05) is 40.9 Å². The summed E-state index contributed by atoms with van der Waals surface area (Å²) < 4.78 is 11.0. The molecular formula is C17H13Cl3O4. The zero-order chi connectivity index (χ0) is 17.7. The van der Waals surface area contributed by atoms with E-state index in [-0.39, 0.29) is 11.6 Å². The number of methoxy groups -OCH3 is 1. The predicted molar refractivity (Wildman–Crippen MR) is 95.5 cm³/mol. The van der Waals surface area contributed by atoms with Gasteiger partial charge in [0.15, 0.2) is 11.5 Å². The van der Waals surface area contributed by atoms with Crippen LogP contribution in [0.2, 0.25) is 15.1 Å². The maximum Gasteiger partial charge on any atom is 0.328 e. The minimum atomic E-state index is -1.06. The van der Waals surface area contributed by atoms with E-state index in [0.29, 0.717) is 32.7 Å². The van der Waals surface area contributed by atoms with E-state index < -0.39 is 5.97 Å². The molecule has 2 rings (SSSR count). The lowest BCUT2D eigenvalue weighted by molar-refractivity contribution is -0.131. The highest BCUT2D eigenvalue weighted by atomic mass is 35.5. The quantitative estimate of drug-likeness (QED) is 0.680. The Balaban J connectivity index is 2.28. The number of rotatable bonds is 6. The lowest BCUT2D eigenvalue weighted by Gasteiger charge is -2.14. The summed E-state index contributed by atoms with van der Waals surface area (Å²) in [6, 6.07) is 8.36. The highest BCUT2D eigenvalue weighted by molar-refractivity contribution is 6.36. The first kappa shape index (κ1) is 18.5. The number of halogens is 3. The summed E-state index contributed by atoms with van der Waals surface area (Å²) in [6.07, 6.45) is 2.42. The fourth-order valence-corrected chi connectivity index (χ4v) is 2.74. The Morgan fingerprint density at radius 3 is 2.42 bits per heavy atom. The second kappa shape index (κ2) is 8.29. The number of ether oxygens (including phenoxy) is 2. The predicted octanol–water partition coefficient (Wildman–Crippen LogP) is 5.33. The van der Waals surface area contributed by atoms with Gasteiger partial charge in [0, 0.05) is 21.7 Å². The van der Waals surface area contributed by atoms with E-state index in [1.807, 2.05) is 0 Å². The molecule has 0 unspecified atom stereocenters. The monoisotopic (exact) mass is 386 g/mol. The Bertz CT molecular complexity index is 767. The number of aliphatic carboxylic acids is 1. The maximum absolute atomic E-state index is 10.6. The van der Waals surface area contributed by atoms with Crippen molar-refractivity contribution in [1.29, 1.82) is 0 Å². The first-order valence-corrected chi connectivity index (χ1v) is 7.90. The maximum atomic E-state index is 10.6. The molecule has 1 N–H and O–H groups in total. The number of hydrogen-bond donors (Lipinski definition) is 1. The van der Waals surface area contributed by atoms with Crippen molar-refractivity contribution in [2.75, 3.05) is 7.11 Å². The second-order valence-corrected chi connectivity index (χ2v) is 5.92. The van der Waals surface area contributed by atoms with Crippen LogP contribution in [0.3, 0.4) is 0 Å². The molecule has 7 heteroatoms. The minimum absolute atomic E-state index is 0.110. The molecule has 0 aliphatic carbocycles. The van der Waals surface area contributed by atoms with Gasteiger partial charge >= 0.3 is 5.97 Å². The molecule has 2 aromatic rings. The molecule has 0 radical (unpaired) electrons. The molecular weight excluding hydrogens is 375 g/mol. The third kappa shape index (κ3) is 4.57. The minimum Gasteiger partial charge on any atom is -0.493 e. The van der Waals surface area contributed by atoms with Crippen molar-refractivity contribution in [3.05, 3.63) is 62.6 Å². The van der Waals surface area contributed by atoms with Gasteiger partial charge in [0.2, 0.25) is 0 Å². The van der Waals surface area contributed by atoms with Crippen LogP contribution in [0.1, 0.15) is 11.1 Å². The molecule has 0 fully saturated rings. The first-order valence-electron chi connectivity index (χ1n) is 6.76. The normalized spacial score (nSPS) is 10.8. The number of carbonyl (C=O) groups is 1. The third-order valence-corrected chi connectivity index (χ3v) is 4.08. The molecule has 24 heavy (non-hydrogen) atoms. The van der Waals surface area contributed by atoms with Gasteiger partial charge in [-0.3, -0.25) is 0 Å².